The standard InChI is InChI=1S/C9H10ClN3O4/c1-3-17-9(14)5-4(2)12-8(10)7(6(5)11)13(15)16/h3H2,1-2H3,(H2,11,12). The lowest BCUT2D eigenvalue weighted by Gasteiger charge is -2.08. The minimum atomic E-state index is -0.785. The average Bonchev–Trinajstić information content (AvgIpc) is 2.15. The van der Waals surface area contributed by atoms with Gasteiger partial charge in [0.1, 0.15) is 11.3 Å². The first-order valence-corrected chi connectivity index (χ1v) is 5.05. The molecule has 0 aliphatic carbocycles. The predicted octanol–water partition coefficient (Wildman–Crippen LogP) is 1.71. The van der Waals surface area contributed by atoms with E-state index in [1.807, 2.05) is 0 Å². The summed E-state index contributed by atoms with van der Waals surface area (Å²) in [5.74, 6) is -0.755. The van der Waals surface area contributed by atoms with Crippen molar-refractivity contribution in [3.8, 4) is 0 Å². The number of anilines is 1. The molecule has 1 aromatic heterocycles. The molecule has 0 aromatic carbocycles. The third-order valence-electron chi connectivity index (χ3n) is 2.01. The fraction of sp³-hybridized carbons (Fsp3) is 0.333. The van der Waals surface area contributed by atoms with E-state index in [9.17, 15) is 14.9 Å². The van der Waals surface area contributed by atoms with E-state index in [0.717, 1.165) is 0 Å². The van der Waals surface area contributed by atoms with Crippen LogP contribution in [0.25, 0.3) is 0 Å². The highest BCUT2D eigenvalue weighted by molar-refractivity contribution is 6.32. The van der Waals surface area contributed by atoms with Gasteiger partial charge in [-0.15, -0.1) is 0 Å². The first-order chi connectivity index (χ1) is 7.90. The van der Waals surface area contributed by atoms with Crippen LogP contribution in [0.5, 0.6) is 0 Å². The van der Waals surface area contributed by atoms with Gasteiger partial charge in [0, 0.05) is 0 Å². The second-order valence-electron chi connectivity index (χ2n) is 3.10. The second-order valence-corrected chi connectivity index (χ2v) is 3.46. The summed E-state index contributed by atoms with van der Waals surface area (Å²) in [5, 5.41) is 10.4. The maximum atomic E-state index is 11.6. The number of nitrogen functional groups attached to an aromatic ring is 1. The molecule has 17 heavy (non-hydrogen) atoms. The number of pyridine rings is 1. The lowest BCUT2D eigenvalue weighted by molar-refractivity contribution is -0.384. The molecule has 0 saturated heterocycles. The van der Waals surface area contributed by atoms with Crippen molar-refractivity contribution >= 4 is 28.9 Å². The first kappa shape index (κ1) is 13.2. The first-order valence-electron chi connectivity index (χ1n) is 4.67. The zero-order chi connectivity index (χ0) is 13.2. The Hall–Kier alpha value is -1.89. The molecule has 7 nitrogen and oxygen atoms in total. The van der Waals surface area contributed by atoms with Gasteiger partial charge in [0.05, 0.1) is 17.2 Å². The largest absolute Gasteiger partial charge is 0.462 e. The summed E-state index contributed by atoms with van der Waals surface area (Å²) in [5.41, 5.74) is 4.71. The van der Waals surface area contributed by atoms with Crippen LogP contribution < -0.4 is 5.73 Å². The van der Waals surface area contributed by atoms with Crippen LogP contribution in [0.3, 0.4) is 0 Å². The van der Waals surface area contributed by atoms with Crippen LogP contribution in [-0.4, -0.2) is 22.5 Å². The minimum Gasteiger partial charge on any atom is -0.462 e. The van der Waals surface area contributed by atoms with Crippen molar-refractivity contribution < 1.29 is 14.5 Å². The topological polar surface area (TPSA) is 108 Å². The highest BCUT2D eigenvalue weighted by Crippen LogP contribution is 2.33. The van der Waals surface area contributed by atoms with Crippen molar-refractivity contribution in [2.75, 3.05) is 12.3 Å². The molecular weight excluding hydrogens is 250 g/mol. The molecular formula is C9H10ClN3O4. The third kappa shape index (κ3) is 2.44. The number of rotatable bonds is 3. The van der Waals surface area contributed by atoms with Crippen LogP contribution in [-0.2, 0) is 4.74 Å². The van der Waals surface area contributed by atoms with Crippen molar-refractivity contribution in [3.05, 3.63) is 26.5 Å². The summed E-state index contributed by atoms with van der Waals surface area (Å²) in [6, 6.07) is 0. The zero-order valence-electron chi connectivity index (χ0n) is 9.19. The Labute approximate surface area is 102 Å². The Balaban J connectivity index is 3.46. The predicted molar refractivity (Wildman–Crippen MR) is 61.0 cm³/mol. The van der Waals surface area contributed by atoms with Gasteiger partial charge >= 0.3 is 11.7 Å². The molecule has 0 unspecified atom stereocenters. The Bertz CT molecular complexity index is 490. The number of aryl methyl sites for hydroxylation is 1. The van der Waals surface area contributed by atoms with Crippen molar-refractivity contribution in [2.45, 2.75) is 13.8 Å². The molecule has 2 N–H and O–H groups in total. The molecule has 0 radical (unpaired) electrons. The van der Waals surface area contributed by atoms with E-state index in [4.69, 9.17) is 22.1 Å². The average molecular weight is 260 g/mol. The number of nitro groups is 1. The van der Waals surface area contributed by atoms with Crippen LogP contribution in [0, 0.1) is 17.0 Å². The number of carbonyl (C=O) groups is 1. The number of halogens is 1. The van der Waals surface area contributed by atoms with Crippen molar-refractivity contribution in [1.29, 1.82) is 0 Å². The van der Waals surface area contributed by atoms with Gasteiger partial charge in [0.25, 0.3) is 0 Å². The molecule has 8 heteroatoms. The number of esters is 1. The van der Waals surface area contributed by atoms with Crippen molar-refractivity contribution in [3.63, 3.8) is 0 Å². The van der Waals surface area contributed by atoms with Crippen LogP contribution >= 0.6 is 11.6 Å². The molecule has 1 rings (SSSR count). The number of aromatic nitrogens is 1. The fourth-order valence-electron chi connectivity index (χ4n) is 1.32. The van der Waals surface area contributed by atoms with Gasteiger partial charge in [0.15, 0.2) is 0 Å². The van der Waals surface area contributed by atoms with Gasteiger partial charge in [-0.1, -0.05) is 11.6 Å². The zero-order valence-corrected chi connectivity index (χ0v) is 9.95. The van der Waals surface area contributed by atoms with E-state index < -0.39 is 16.6 Å². The number of nitrogens with two attached hydrogens (primary N) is 1. The van der Waals surface area contributed by atoms with E-state index in [1.165, 1.54) is 6.92 Å². The van der Waals surface area contributed by atoms with E-state index in [1.54, 1.807) is 6.92 Å². The molecule has 0 bridgehead atoms. The normalized spacial score (nSPS) is 10.1. The van der Waals surface area contributed by atoms with Crippen molar-refractivity contribution in [2.24, 2.45) is 0 Å². The van der Waals surface area contributed by atoms with E-state index in [0.29, 0.717) is 0 Å². The van der Waals surface area contributed by atoms with E-state index in [2.05, 4.69) is 4.98 Å². The summed E-state index contributed by atoms with van der Waals surface area (Å²) >= 11 is 5.60. The summed E-state index contributed by atoms with van der Waals surface area (Å²) in [4.78, 5) is 25.2. The minimum absolute atomic E-state index is 0.122. The summed E-state index contributed by atoms with van der Waals surface area (Å²) in [6.45, 7) is 3.22. The van der Waals surface area contributed by atoms with Gasteiger partial charge in [0.2, 0.25) is 5.15 Å². The Kier molecular flexibility index (Phi) is 3.84. The monoisotopic (exact) mass is 259 g/mol. The Morgan fingerprint density at radius 3 is 2.71 bits per heavy atom. The lowest BCUT2D eigenvalue weighted by atomic mass is 10.1. The maximum absolute atomic E-state index is 11.6. The van der Waals surface area contributed by atoms with E-state index >= 15 is 0 Å². The molecule has 92 valence electrons. The molecule has 0 fully saturated rings. The number of hydrogen-bond donors (Lipinski definition) is 1. The Morgan fingerprint density at radius 1 is 1.65 bits per heavy atom. The molecule has 0 saturated carbocycles. The molecule has 0 aliphatic rings. The van der Waals surface area contributed by atoms with Crippen LogP contribution in [0.15, 0.2) is 0 Å². The van der Waals surface area contributed by atoms with Crippen molar-refractivity contribution in [1.82, 2.24) is 4.98 Å². The summed E-state index contributed by atoms with van der Waals surface area (Å²) in [6.07, 6.45) is 0. The molecule has 0 spiro atoms. The fourth-order valence-corrected chi connectivity index (χ4v) is 1.61. The molecule has 0 aliphatic heterocycles. The number of ether oxygens (including phenoxy) is 1. The highest BCUT2D eigenvalue weighted by atomic mass is 35.5. The van der Waals surface area contributed by atoms with Crippen LogP contribution in [0.4, 0.5) is 11.4 Å². The Morgan fingerprint density at radius 2 is 2.24 bits per heavy atom. The lowest BCUT2D eigenvalue weighted by Crippen LogP contribution is -2.13. The quantitative estimate of drug-likeness (QED) is 0.383. The maximum Gasteiger partial charge on any atom is 0.342 e. The van der Waals surface area contributed by atoms with Gasteiger partial charge in [-0.2, -0.15) is 0 Å². The molecule has 1 heterocycles. The number of hydrogen-bond acceptors (Lipinski definition) is 6. The summed E-state index contributed by atoms with van der Waals surface area (Å²) in [7, 11) is 0. The smallest absolute Gasteiger partial charge is 0.342 e. The van der Waals surface area contributed by atoms with E-state index in [-0.39, 0.29) is 28.7 Å². The summed E-state index contributed by atoms with van der Waals surface area (Å²) < 4.78 is 4.74. The second kappa shape index (κ2) is 4.96. The molecule has 0 atom stereocenters. The highest BCUT2D eigenvalue weighted by Gasteiger charge is 2.27. The van der Waals surface area contributed by atoms with Gasteiger partial charge in [-0.3, -0.25) is 10.1 Å². The number of carbonyl (C=O) groups excluding carboxylic acids is 1. The third-order valence-corrected chi connectivity index (χ3v) is 2.27. The van der Waals surface area contributed by atoms with Crippen LogP contribution in [0.1, 0.15) is 23.0 Å². The SMILES string of the molecule is CCOC(=O)c1c(C)nc(Cl)c([N+](=O)[O-])c1N. The van der Waals surface area contributed by atoms with Crippen LogP contribution in [0.2, 0.25) is 5.15 Å². The number of nitrogens with zero attached hydrogens (tertiary/aromatic N) is 2. The molecule has 0 amide bonds. The van der Waals surface area contributed by atoms with Gasteiger partial charge in [-0.25, -0.2) is 9.78 Å². The van der Waals surface area contributed by atoms with Gasteiger partial charge in [-0.05, 0) is 13.8 Å². The van der Waals surface area contributed by atoms with Gasteiger partial charge < -0.3 is 10.5 Å². The molecule has 1 aromatic rings.